The zero-order chi connectivity index (χ0) is 11.7. The lowest BCUT2D eigenvalue weighted by atomic mass is 10.2. The molecule has 1 fully saturated rings. The van der Waals surface area contributed by atoms with Gasteiger partial charge in [0.1, 0.15) is 4.47 Å². The first-order valence-electron chi connectivity index (χ1n) is 5.21. The van der Waals surface area contributed by atoms with Crippen molar-refractivity contribution in [3.05, 3.63) is 21.2 Å². The third-order valence-corrected chi connectivity index (χ3v) is 3.37. The van der Waals surface area contributed by atoms with Crippen molar-refractivity contribution in [1.82, 2.24) is 9.97 Å². The summed E-state index contributed by atoms with van der Waals surface area (Å²) in [7, 11) is 0. The molecule has 2 unspecified atom stereocenters. The van der Waals surface area contributed by atoms with E-state index in [-0.39, 0.29) is 17.7 Å². The highest BCUT2D eigenvalue weighted by atomic mass is 79.9. The van der Waals surface area contributed by atoms with Crippen molar-refractivity contribution < 1.29 is 4.74 Å². The maximum atomic E-state index is 11.5. The molecule has 1 aliphatic heterocycles. The van der Waals surface area contributed by atoms with Gasteiger partial charge >= 0.3 is 0 Å². The number of H-pyrrole nitrogens is 1. The molecule has 1 aromatic rings. The van der Waals surface area contributed by atoms with Gasteiger partial charge < -0.3 is 14.6 Å². The first kappa shape index (κ1) is 11.6. The topological polar surface area (TPSA) is 58.2 Å². The third-order valence-electron chi connectivity index (χ3n) is 2.66. The third kappa shape index (κ3) is 2.12. The van der Waals surface area contributed by atoms with Crippen molar-refractivity contribution in [2.75, 3.05) is 18.1 Å². The van der Waals surface area contributed by atoms with E-state index in [4.69, 9.17) is 4.74 Å². The van der Waals surface area contributed by atoms with Crippen molar-refractivity contribution in [2.24, 2.45) is 0 Å². The molecular formula is C10H14BrN3O2. The first-order chi connectivity index (χ1) is 7.59. The second-order valence-electron chi connectivity index (χ2n) is 4.01. The fourth-order valence-electron chi connectivity index (χ4n) is 1.77. The quantitative estimate of drug-likeness (QED) is 0.842. The van der Waals surface area contributed by atoms with Gasteiger partial charge in [-0.3, -0.25) is 4.79 Å². The summed E-state index contributed by atoms with van der Waals surface area (Å²) in [6.45, 7) is 5.47. The van der Waals surface area contributed by atoms with Gasteiger partial charge in [-0.2, -0.15) is 0 Å². The molecule has 0 spiro atoms. The lowest BCUT2D eigenvalue weighted by molar-refractivity contribution is 0.0339. The van der Waals surface area contributed by atoms with E-state index < -0.39 is 0 Å². The summed E-state index contributed by atoms with van der Waals surface area (Å²) in [5.41, 5.74) is -0.156. The van der Waals surface area contributed by atoms with Gasteiger partial charge in [-0.15, -0.1) is 0 Å². The predicted molar refractivity (Wildman–Crippen MR) is 64.8 cm³/mol. The van der Waals surface area contributed by atoms with Gasteiger partial charge in [0.05, 0.1) is 25.1 Å². The molecule has 0 amide bonds. The first-order valence-corrected chi connectivity index (χ1v) is 6.00. The van der Waals surface area contributed by atoms with Gasteiger partial charge in [-0.25, -0.2) is 4.98 Å². The molecule has 0 bridgehead atoms. The molecule has 0 aliphatic carbocycles. The van der Waals surface area contributed by atoms with E-state index in [0.29, 0.717) is 16.9 Å². The Hall–Kier alpha value is -0.880. The average Bonchev–Trinajstić information content (AvgIpc) is 2.26. The summed E-state index contributed by atoms with van der Waals surface area (Å²) in [6.07, 6.45) is 1.58. The molecule has 16 heavy (non-hydrogen) atoms. The molecule has 1 N–H and O–H groups in total. The van der Waals surface area contributed by atoms with Gasteiger partial charge in [-0.05, 0) is 29.8 Å². The standard InChI is InChI=1S/C10H14BrN3O2/c1-6-4-16-7(2)3-14(6)9-8(11)10(15)13-5-12-9/h5-7H,3-4H2,1-2H3,(H,12,13,15). The van der Waals surface area contributed by atoms with E-state index in [9.17, 15) is 4.79 Å². The normalized spacial score (nSPS) is 25.8. The van der Waals surface area contributed by atoms with Gasteiger partial charge in [0.25, 0.3) is 5.56 Å². The highest BCUT2D eigenvalue weighted by Gasteiger charge is 2.26. The molecule has 1 aliphatic rings. The van der Waals surface area contributed by atoms with Crippen LogP contribution in [-0.2, 0) is 4.74 Å². The Balaban J connectivity index is 2.35. The minimum absolute atomic E-state index is 0.156. The molecule has 1 aromatic heterocycles. The summed E-state index contributed by atoms with van der Waals surface area (Å²) in [5.74, 6) is 0.686. The maximum absolute atomic E-state index is 11.5. The molecule has 0 saturated carbocycles. The Labute approximate surface area is 102 Å². The zero-order valence-electron chi connectivity index (χ0n) is 9.24. The summed E-state index contributed by atoms with van der Waals surface area (Å²) in [4.78, 5) is 20.3. The second-order valence-corrected chi connectivity index (χ2v) is 4.81. The summed E-state index contributed by atoms with van der Waals surface area (Å²) in [6, 6.07) is 0.224. The predicted octanol–water partition coefficient (Wildman–Crippen LogP) is 1.15. The van der Waals surface area contributed by atoms with Gasteiger partial charge in [0.2, 0.25) is 0 Å². The van der Waals surface area contributed by atoms with E-state index >= 15 is 0 Å². The molecule has 0 aromatic carbocycles. The fourth-order valence-corrected chi connectivity index (χ4v) is 2.22. The number of nitrogens with zero attached hydrogens (tertiary/aromatic N) is 2. The summed E-state index contributed by atoms with van der Waals surface area (Å²) >= 11 is 3.27. The molecule has 6 heteroatoms. The van der Waals surface area contributed by atoms with Crippen LogP contribution in [0.25, 0.3) is 0 Å². The van der Waals surface area contributed by atoms with Gasteiger partial charge in [0, 0.05) is 6.54 Å². The van der Waals surface area contributed by atoms with Crippen molar-refractivity contribution in [3.63, 3.8) is 0 Å². The number of nitrogens with one attached hydrogen (secondary N) is 1. The van der Waals surface area contributed by atoms with Crippen LogP contribution in [0.15, 0.2) is 15.6 Å². The average molecular weight is 288 g/mol. The Kier molecular flexibility index (Phi) is 3.30. The van der Waals surface area contributed by atoms with Crippen LogP contribution in [-0.4, -0.2) is 35.3 Å². The Bertz CT molecular complexity index is 434. The number of hydrogen-bond donors (Lipinski definition) is 1. The van der Waals surface area contributed by atoms with Crippen molar-refractivity contribution in [3.8, 4) is 0 Å². The van der Waals surface area contributed by atoms with Crippen LogP contribution in [0.3, 0.4) is 0 Å². The minimum atomic E-state index is -0.156. The SMILES string of the molecule is CC1CN(c2nc[nH]c(=O)c2Br)C(C)CO1. The highest BCUT2D eigenvalue weighted by Crippen LogP contribution is 2.24. The summed E-state index contributed by atoms with van der Waals surface area (Å²) in [5, 5.41) is 0. The van der Waals surface area contributed by atoms with Crippen LogP contribution in [0.1, 0.15) is 13.8 Å². The largest absolute Gasteiger partial charge is 0.375 e. The Morgan fingerprint density at radius 1 is 1.62 bits per heavy atom. The number of aromatic nitrogens is 2. The number of halogens is 1. The number of morpholine rings is 1. The van der Waals surface area contributed by atoms with Crippen molar-refractivity contribution in [2.45, 2.75) is 26.0 Å². The number of rotatable bonds is 1. The number of anilines is 1. The van der Waals surface area contributed by atoms with Crippen LogP contribution in [0.2, 0.25) is 0 Å². The van der Waals surface area contributed by atoms with Crippen LogP contribution in [0.5, 0.6) is 0 Å². The number of aromatic amines is 1. The van der Waals surface area contributed by atoms with Gasteiger partial charge in [0.15, 0.2) is 5.82 Å². The molecule has 2 atom stereocenters. The Morgan fingerprint density at radius 3 is 3.12 bits per heavy atom. The lowest BCUT2D eigenvalue weighted by Crippen LogP contribution is -2.48. The van der Waals surface area contributed by atoms with Crippen LogP contribution in [0.4, 0.5) is 5.82 Å². The minimum Gasteiger partial charge on any atom is -0.375 e. The number of hydrogen-bond acceptors (Lipinski definition) is 4. The monoisotopic (exact) mass is 287 g/mol. The lowest BCUT2D eigenvalue weighted by Gasteiger charge is -2.37. The second kappa shape index (κ2) is 4.55. The molecule has 88 valence electrons. The van der Waals surface area contributed by atoms with Crippen LogP contribution < -0.4 is 10.5 Å². The van der Waals surface area contributed by atoms with Crippen LogP contribution >= 0.6 is 15.9 Å². The van der Waals surface area contributed by atoms with E-state index in [2.05, 4.69) is 37.7 Å². The van der Waals surface area contributed by atoms with E-state index in [1.807, 2.05) is 6.92 Å². The zero-order valence-corrected chi connectivity index (χ0v) is 10.8. The Morgan fingerprint density at radius 2 is 2.38 bits per heavy atom. The van der Waals surface area contributed by atoms with E-state index in [1.165, 1.54) is 6.33 Å². The maximum Gasteiger partial charge on any atom is 0.267 e. The van der Waals surface area contributed by atoms with Crippen LogP contribution in [0, 0.1) is 0 Å². The summed E-state index contributed by atoms with van der Waals surface area (Å²) < 4.78 is 6.02. The van der Waals surface area contributed by atoms with Gasteiger partial charge in [-0.1, -0.05) is 0 Å². The van der Waals surface area contributed by atoms with E-state index in [0.717, 1.165) is 6.54 Å². The van der Waals surface area contributed by atoms with Crippen molar-refractivity contribution >= 4 is 21.7 Å². The smallest absolute Gasteiger partial charge is 0.267 e. The highest BCUT2D eigenvalue weighted by molar-refractivity contribution is 9.10. The molecule has 2 rings (SSSR count). The number of ether oxygens (including phenoxy) is 1. The molecule has 5 nitrogen and oxygen atoms in total. The molecular weight excluding hydrogens is 274 g/mol. The van der Waals surface area contributed by atoms with Crippen molar-refractivity contribution in [1.29, 1.82) is 0 Å². The fraction of sp³-hybridized carbons (Fsp3) is 0.600. The molecule has 1 saturated heterocycles. The molecule has 2 heterocycles. The molecule has 0 radical (unpaired) electrons. The van der Waals surface area contributed by atoms with E-state index in [1.54, 1.807) is 0 Å².